The first-order valence-corrected chi connectivity index (χ1v) is 7.00. The van der Waals surface area contributed by atoms with Crippen molar-refractivity contribution in [1.29, 1.82) is 0 Å². The van der Waals surface area contributed by atoms with E-state index in [1.165, 1.54) is 16.0 Å². The second-order valence-corrected chi connectivity index (χ2v) is 6.31. The van der Waals surface area contributed by atoms with Gasteiger partial charge in [-0.2, -0.15) is 0 Å². The molecular weight excluding hydrogens is 282 g/mol. The normalized spacial score (nSPS) is 12.7. The van der Waals surface area contributed by atoms with Crippen LogP contribution >= 0.6 is 27.3 Å². The van der Waals surface area contributed by atoms with Crippen LogP contribution in [0.25, 0.3) is 0 Å². The predicted molar refractivity (Wildman–Crippen MR) is 73.4 cm³/mol. The molecule has 0 amide bonds. The van der Waals surface area contributed by atoms with Crippen molar-refractivity contribution in [2.75, 3.05) is 0 Å². The highest BCUT2D eigenvalue weighted by Gasteiger charge is 2.11. The number of thiazole rings is 1. The third kappa shape index (κ3) is 2.92. The Balaban J connectivity index is 2.10. The van der Waals surface area contributed by atoms with E-state index < -0.39 is 0 Å². The molecule has 0 saturated carbocycles. The molecule has 0 spiro atoms. The Morgan fingerprint density at radius 3 is 2.81 bits per heavy atom. The minimum Gasteiger partial charge on any atom is -0.250 e. The van der Waals surface area contributed by atoms with Gasteiger partial charge in [0.2, 0.25) is 0 Å². The number of benzene rings is 1. The second-order valence-electron chi connectivity index (χ2n) is 3.94. The third-order valence-corrected chi connectivity index (χ3v) is 4.59. The molecule has 0 aliphatic heterocycles. The fourth-order valence-corrected chi connectivity index (χ4v) is 3.20. The van der Waals surface area contributed by atoms with Crippen LogP contribution in [0.3, 0.4) is 0 Å². The lowest BCUT2D eigenvalue weighted by molar-refractivity contribution is 0.962. The molecular formula is C13H14BrNS. The van der Waals surface area contributed by atoms with Crippen molar-refractivity contribution in [1.82, 2.24) is 4.98 Å². The van der Waals surface area contributed by atoms with Gasteiger partial charge in [0.1, 0.15) is 0 Å². The molecule has 1 nitrogen and oxygen atoms in total. The Kier molecular flexibility index (Phi) is 3.77. The second kappa shape index (κ2) is 5.11. The van der Waals surface area contributed by atoms with E-state index in [2.05, 4.69) is 52.1 Å². The van der Waals surface area contributed by atoms with Crippen LogP contribution < -0.4 is 0 Å². The topological polar surface area (TPSA) is 12.9 Å². The predicted octanol–water partition coefficient (Wildman–Crippen LogP) is 4.44. The summed E-state index contributed by atoms with van der Waals surface area (Å²) in [4.78, 5) is 5.97. The summed E-state index contributed by atoms with van der Waals surface area (Å²) >= 11 is 5.49. The van der Waals surface area contributed by atoms with E-state index in [0.29, 0.717) is 4.83 Å². The molecule has 1 aromatic carbocycles. The van der Waals surface area contributed by atoms with Crippen LogP contribution in [0.5, 0.6) is 0 Å². The van der Waals surface area contributed by atoms with Crippen LogP contribution in [-0.2, 0) is 6.42 Å². The van der Waals surface area contributed by atoms with Crippen molar-refractivity contribution >= 4 is 27.3 Å². The molecule has 3 heteroatoms. The van der Waals surface area contributed by atoms with Gasteiger partial charge < -0.3 is 0 Å². The molecule has 16 heavy (non-hydrogen) atoms. The monoisotopic (exact) mass is 295 g/mol. The Morgan fingerprint density at radius 1 is 1.38 bits per heavy atom. The first-order chi connectivity index (χ1) is 7.65. The highest BCUT2D eigenvalue weighted by Crippen LogP contribution is 2.31. The van der Waals surface area contributed by atoms with Crippen LogP contribution in [0.4, 0.5) is 0 Å². The molecule has 0 N–H and O–H groups in total. The van der Waals surface area contributed by atoms with Gasteiger partial charge in [-0.15, -0.1) is 11.3 Å². The van der Waals surface area contributed by atoms with Crippen LogP contribution in [0.2, 0.25) is 0 Å². The smallest absolute Gasteiger partial charge is 0.0897 e. The highest BCUT2D eigenvalue weighted by atomic mass is 79.9. The van der Waals surface area contributed by atoms with Gasteiger partial charge in [-0.25, -0.2) is 4.98 Å². The van der Waals surface area contributed by atoms with Crippen LogP contribution in [0, 0.1) is 13.8 Å². The zero-order valence-corrected chi connectivity index (χ0v) is 11.8. The Labute approximate surface area is 109 Å². The molecule has 1 heterocycles. The molecule has 2 rings (SSSR count). The lowest BCUT2D eigenvalue weighted by Gasteiger charge is -2.07. The van der Waals surface area contributed by atoms with Crippen LogP contribution in [0.15, 0.2) is 30.5 Å². The van der Waals surface area contributed by atoms with Crippen molar-refractivity contribution in [3.8, 4) is 0 Å². The van der Waals surface area contributed by atoms with E-state index in [9.17, 15) is 0 Å². The minimum atomic E-state index is 0.375. The van der Waals surface area contributed by atoms with Crippen LogP contribution in [0.1, 0.15) is 25.8 Å². The number of halogens is 1. The summed E-state index contributed by atoms with van der Waals surface area (Å²) < 4.78 is 0. The van der Waals surface area contributed by atoms with E-state index in [1.807, 2.05) is 13.1 Å². The summed E-state index contributed by atoms with van der Waals surface area (Å²) in [5, 5.41) is 1.13. The minimum absolute atomic E-state index is 0.375. The first-order valence-electron chi connectivity index (χ1n) is 5.27. The van der Waals surface area contributed by atoms with E-state index in [4.69, 9.17) is 0 Å². The van der Waals surface area contributed by atoms with Gasteiger partial charge in [0.05, 0.1) is 9.83 Å². The molecule has 1 atom stereocenters. The molecule has 0 aliphatic carbocycles. The summed E-state index contributed by atoms with van der Waals surface area (Å²) in [5.41, 5.74) is 2.69. The average molecular weight is 296 g/mol. The highest BCUT2D eigenvalue weighted by molar-refractivity contribution is 9.09. The Morgan fingerprint density at radius 2 is 2.19 bits per heavy atom. The first kappa shape index (κ1) is 11.8. The van der Waals surface area contributed by atoms with E-state index in [1.54, 1.807) is 11.3 Å². The van der Waals surface area contributed by atoms with Gasteiger partial charge in [0.15, 0.2) is 0 Å². The molecule has 84 valence electrons. The maximum Gasteiger partial charge on any atom is 0.0897 e. The Bertz CT molecular complexity index is 478. The average Bonchev–Trinajstić information content (AvgIpc) is 2.65. The molecule has 0 bridgehead atoms. The van der Waals surface area contributed by atoms with Gasteiger partial charge in [0, 0.05) is 11.1 Å². The fourth-order valence-electron chi connectivity index (χ4n) is 1.67. The van der Waals surface area contributed by atoms with E-state index >= 15 is 0 Å². The maximum atomic E-state index is 4.29. The zero-order chi connectivity index (χ0) is 11.5. The van der Waals surface area contributed by atoms with Crippen molar-refractivity contribution in [3.05, 3.63) is 51.5 Å². The van der Waals surface area contributed by atoms with E-state index in [-0.39, 0.29) is 0 Å². The zero-order valence-electron chi connectivity index (χ0n) is 9.40. The standard InChI is InChI=1S/C13H14BrNS/c1-9-4-3-5-11(6-9)7-12(14)13-8-15-10(2)16-13/h3-6,8,12H,7H2,1-2H3. The summed E-state index contributed by atoms with van der Waals surface area (Å²) in [5.74, 6) is 0. The molecule has 0 radical (unpaired) electrons. The van der Waals surface area contributed by atoms with Crippen molar-refractivity contribution < 1.29 is 0 Å². The summed E-state index contributed by atoms with van der Waals surface area (Å²) in [6.07, 6.45) is 2.98. The number of aryl methyl sites for hydroxylation is 2. The van der Waals surface area contributed by atoms with Gasteiger partial charge in [0.25, 0.3) is 0 Å². The van der Waals surface area contributed by atoms with Crippen molar-refractivity contribution in [2.45, 2.75) is 25.1 Å². The van der Waals surface area contributed by atoms with Gasteiger partial charge in [-0.05, 0) is 25.8 Å². The van der Waals surface area contributed by atoms with Gasteiger partial charge >= 0.3 is 0 Å². The molecule has 1 aromatic heterocycles. The summed E-state index contributed by atoms with van der Waals surface area (Å²) in [6.45, 7) is 4.17. The molecule has 1 unspecified atom stereocenters. The largest absolute Gasteiger partial charge is 0.250 e. The van der Waals surface area contributed by atoms with Crippen LogP contribution in [-0.4, -0.2) is 4.98 Å². The van der Waals surface area contributed by atoms with Crippen molar-refractivity contribution in [3.63, 3.8) is 0 Å². The quantitative estimate of drug-likeness (QED) is 0.763. The number of aromatic nitrogens is 1. The fraction of sp³-hybridized carbons (Fsp3) is 0.308. The van der Waals surface area contributed by atoms with Crippen molar-refractivity contribution in [2.24, 2.45) is 0 Å². The third-order valence-electron chi connectivity index (χ3n) is 2.45. The number of hydrogen-bond acceptors (Lipinski definition) is 2. The number of alkyl halides is 1. The lowest BCUT2D eigenvalue weighted by atomic mass is 10.1. The number of rotatable bonds is 3. The number of nitrogens with zero attached hydrogens (tertiary/aromatic N) is 1. The maximum absolute atomic E-state index is 4.29. The molecule has 0 aliphatic rings. The summed E-state index contributed by atoms with van der Waals surface area (Å²) in [7, 11) is 0. The SMILES string of the molecule is Cc1cccc(CC(Br)c2cnc(C)s2)c1. The molecule has 0 fully saturated rings. The van der Waals surface area contributed by atoms with E-state index in [0.717, 1.165) is 11.4 Å². The number of hydrogen-bond donors (Lipinski definition) is 0. The van der Waals surface area contributed by atoms with Gasteiger partial charge in [-0.1, -0.05) is 45.8 Å². The molecule has 2 aromatic rings. The summed E-state index contributed by atoms with van der Waals surface area (Å²) in [6, 6.07) is 8.66. The lowest BCUT2D eigenvalue weighted by Crippen LogP contribution is -1.93. The molecule has 0 saturated heterocycles. The Hall–Kier alpha value is -0.670. The van der Waals surface area contributed by atoms with Gasteiger partial charge in [-0.3, -0.25) is 0 Å².